The van der Waals surface area contributed by atoms with Gasteiger partial charge >= 0.3 is 0 Å². The largest absolute Gasteiger partial charge is 0.338 e. The molecule has 5 nitrogen and oxygen atoms in total. The summed E-state index contributed by atoms with van der Waals surface area (Å²) < 4.78 is 0. The van der Waals surface area contributed by atoms with Crippen LogP contribution in [0.1, 0.15) is 47.0 Å². The molecule has 1 unspecified atom stereocenters. The Labute approximate surface area is 170 Å². The maximum atomic E-state index is 13.2. The number of hydrogen-bond acceptors (Lipinski definition) is 4. The lowest BCUT2D eigenvalue weighted by atomic mass is 9.96. The van der Waals surface area contributed by atoms with Gasteiger partial charge in [-0.1, -0.05) is 25.1 Å². The molecule has 1 fully saturated rings. The number of hydrogen-bond donors (Lipinski definition) is 0. The van der Waals surface area contributed by atoms with Crippen LogP contribution in [-0.4, -0.2) is 41.2 Å². The van der Waals surface area contributed by atoms with E-state index >= 15 is 0 Å². The van der Waals surface area contributed by atoms with E-state index in [1.54, 1.807) is 12.1 Å². The van der Waals surface area contributed by atoms with E-state index in [2.05, 4.69) is 13.0 Å². The number of benzene rings is 1. The molecule has 3 rings (SSSR count). The van der Waals surface area contributed by atoms with Crippen LogP contribution in [0.2, 0.25) is 0 Å². The quantitative estimate of drug-likeness (QED) is 0.745. The molecule has 1 saturated heterocycles. The average Bonchev–Trinajstić information content (AvgIpc) is 3.28. The molecule has 0 saturated carbocycles. The lowest BCUT2D eigenvalue weighted by Crippen LogP contribution is -2.46. The predicted octanol–water partition coefficient (Wildman–Crippen LogP) is 3.91. The molecule has 0 aliphatic carbocycles. The highest BCUT2D eigenvalue weighted by atomic mass is 32.1. The van der Waals surface area contributed by atoms with Crippen LogP contribution in [0.25, 0.3) is 0 Å². The first-order valence-corrected chi connectivity index (χ1v) is 10.6. The van der Waals surface area contributed by atoms with E-state index in [4.69, 9.17) is 5.26 Å². The zero-order valence-electron chi connectivity index (χ0n) is 16.1. The SMILES string of the molecule is CCCN(Cc1ccc(C#N)cc1)C(=O)C1CCCN(C(=O)c2cccs2)C1. The van der Waals surface area contributed by atoms with Crippen molar-refractivity contribution in [3.63, 3.8) is 0 Å². The molecule has 146 valence electrons. The number of carbonyl (C=O) groups is 2. The summed E-state index contributed by atoms with van der Waals surface area (Å²) in [5.41, 5.74) is 1.63. The minimum atomic E-state index is -0.150. The number of amides is 2. The second kappa shape index (κ2) is 9.52. The van der Waals surface area contributed by atoms with Crippen LogP contribution in [0.15, 0.2) is 41.8 Å². The molecule has 0 N–H and O–H groups in total. The van der Waals surface area contributed by atoms with E-state index in [9.17, 15) is 9.59 Å². The van der Waals surface area contributed by atoms with E-state index in [1.807, 2.05) is 39.4 Å². The first kappa shape index (κ1) is 20.1. The molecular formula is C22H25N3O2S. The lowest BCUT2D eigenvalue weighted by molar-refractivity contribution is -0.137. The highest BCUT2D eigenvalue weighted by Gasteiger charge is 2.31. The van der Waals surface area contributed by atoms with Gasteiger partial charge in [0.1, 0.15) is 0 Å². The van der Waals surface area contributed by atoms with Gasteiger partial charge in [-0.25, -0.2) is 0 Å². The summed E-state index contributed by atoms with van der Waals surface area (Å²) in [6.45, 7) is 4.49. The number of likely N-dealkylation sites (tertiary alicyclic amines) is 1. The summed E-state index contributed by atoms with van der Waals surface area (Å²) in [7, 11) is 0. The molecule has 0 bridgehead atoms. The zero-order chi connectivity index (χ0) is 19.9. The molecule has 1 aliphatic heterocycles. The fraction of sp³-hybridized carbons (Fsp3) is 0.409. The summed E-state index contributed by atoms with van der Waals surface area (Å²) in [5.74, 6) is -0.000818. The molecule has 0 radical (unpaired) electrons. The van der Waals surface area contributed by atoms with Crippen LogP contribution < -0.4 is 0 Å². The van der Waals surface area contributed by atoms with Crippen LogP contribution in [0.5, 0.6) is 0 Å². The lowest BCUT2D eigenvalue weighted by Gasteiger charge is -2.35. The third-order valence-corrected chi connectivity index (χ3v) is 5.91. The topological polar surface area (TPSA) is 64.4 Å². The van der Waals surface area contributed by atoms with Gasteiger partial charge in [-0.3, -0.25) is 9.59 Å². The zero-order valence-corrected chi connectivity index (χ0v) is 17.0. The molecule has 2 heterocycles. The Morgan fingerprint density at radius 1 is 1.29 bits per heavy atom. The van der Waals surface area contributed by atoms with Crippen molar-refractivity contribution in [2.75, 3.05) is 19.6 Å². The van der Waals surface area contributed by atoms with Gasteiger partial charge in [0.15, 0.2) is 0 Å². The first-order chi connectivity index (χ1) is 13.6. The number of piperidine rings is 1. The van der Waals surface area contributed by atoms with Crippen molar-refractivity contribution in [1.82, 2.24) is 9.80 Å². The smallest absolute Gasteiger partial charge is 0.263 e. The first-order valence-electron chi connectivity index (χ1n) is 9.73. The monoisotopic (exact) mass is 395 g/mol. The van der Waals surface area contributed by atoms with Gasteiger partial charge in [0.05, 0.1) is 22.4 Å². The molecule has 2 aromatic rings. The molecule has 1 aromatic carbocycles. The van der Waals surface area contributed by atoms with Crippen molar-refractivity contribution in [1.29, 1.82) is 5.26 Å². The Morgan fingerprint density at radius 3 is 2.71 bits per heavy atom. The molecule has 6 heteroatoms. The summed E-state index contributed by atoms with van der Waals surface area (Å²) in [5, 5.41) is 10.8. The van der Waals surface area contributed by atoms with Gasteiger partial charge in [0, 0.05) is 26.2 Å². The number of rotatable bonds is 6. The van der Waals surface area contributed by atoms with Gasteiger partial charge in [0.2, 0.25) is 5.91 Å². The maximum Gasteiger partial charge on any atom is 0.263 e. The third-order valence-electron chi connectivity index (χ3n) is 5.05. The molecule has 0 spiro atoms. The number of nitriles is 1. The van der Waals surface area contributed by atoms with Gasteiger partial charge < -0.3 is 9.80 Å². The van der Waals surface area contributed by atoms with Crippen LogP contribution in [0.4, 0.5) is 0 Å². The van der Waals surface area contributed by atoms with E-state index in [0.29, 0.717) is 31.7 Å². The predicted molar refractivity (Wildman–Crippen MR) is 110 cm³/mol. The fourth-order valence-corrected chi connectivity index (χ4v) is 4.31. The average molecular weight is 396 g/mol. The molecule has 1 atom stereocenters. The highest BCUT2D eigenvalue weighted by Crippen LogP contribution is 2.23. The standard InChI is InChI=1S/C22H25N3O2S/c1-2-11-24(15-18-9-7-17(14-23)8-10-18)21(26)19-5-3-12-25(16-19)22(27)20-6-4-13-28-20/h4,6-10,13,19H,2-3,5,11-12,15-16H2,1H3. The molecule has 28 heavy (non-hydrogen) atoms. The van der Waals surface area contributed by atoms with E-state index in [1.165, 1.54) is 11.3 Å². The maximum absolute atomic E-state index is 13.2. The third kappa shape index (κ3) is 4.79. The van der Waals surface area contributed by atoms with Crippen molar-refractivity contribution in [3.8, 4) is 6.07 Å². The number of nitrogens with zero attached hydrogens (tertiary/aromatic N) is 3. The van der Waals surface area contributed by atoms with Crippen molar-refractivity contribution < 1.29 is 9.59 Å². The van der Waals surface area contributed by atoms with Crippen LogP contribution in [-0.2, 0) is 11.3 Å². The Bertz CT molecular complexity index is 840. The second-order valence-electron chi connectivity index (χ2n) is 7.14. The summed E-state index contributed by atoms with van der Waals surface area (Å²) in [6.07, 6.45) is 2.55. The number of thiophene rings is 1. The van der Waals surface area contributed by atoms with E-state index in [0.717, 1.165) is 29.7 Å². The van der Waals surface area contributed by atoms with Gasteiger partial charge in [-0.15, -0.1) is 11.3 Å². The summed E-state index contributed by atoms with van der Waals surface area (Å²) >= 11 is 1.44. The molecule has 2 amide bonds. The second-order valence-corrected chi connectivity index (χ2v) is 8.08. The van der Waals surface area contributed by atoms with Gasteiger partial charge in [0.25, 0.3) is 5.91 Å². The van der Waals surface area contributed by atoms with Crippen molar-refractivity contribution >= 4 is 23.2 Å². The highest BCUT2D eigenvalue weighted by molar-refractivity contribution is 7.12. The van der Waals surface area contributed by atoms with Crippen LogP contribution in [0.3, 0.4) is 0 Å². The Kier molecular flexibility index (Phi) is 6.83. The van der Waals surface area contributed by atoms with E-state index in [-0.39, 0.29) is 17.7 Å². The van der Waals surface area contributed by atoms with Crippen LogP contribution >= 0.6 is 11.3 Å². The van der Waals surface area contributed by atoms with E-state index < -0.39 is 0 Å². The van der Waals surface area contributed by atoms with Gasteiger partial charge in [-0.2, -0.15) is 5.26 Å². The molecular weight excluding hydrogens is 370 g/mol. The van der Waals surface area contributed by atoms with Gasteiger partial charge in [-0.05, 0) is 48.4 Å². The Morgan fingerprint density at radius 2 is 2.07 bits per heavy atom. The van der Waals surface area contributed by atoms with Crippen molar-refractivity contribution in [2.24, 2.45) is 5.92 Å². The fourth-order valence-electron chi connectivity index (χ4n) is 3.62. The summed E-state index contributed by atoms with van der Waals surface area (Å²) in [6, 6.07) is 13.2. The molecule has 1 aliphatic rings. The minimum absolute atomic E-state index is 0.0293. The molecule has 1 aromatic heterocycles. The Balaban J connectivity index is 1.67. The van der Waals surface area contributed by atoms with Crippen molar-refractivity contribution in [2.45, 2.75) is 32.7 Å². The number of carbonyl (C=O) groups excluding carboxylic acids is 2. The van der Waals surface area contributed by atoms with Crippen molar-refractivity contribution in [3.05, 3.63) is 57.8 Å². The van der Waals surface area contributed by atoms with Crippen LogP contribution in [0, 0.1) is 17.2 Å². The minimum Gasteiger partial charge on any atom is -0.338 e. The normalized spacial score (nSPS) is 16.4. The Hall–Kier alpha value is -2.65. The summed E-state index contributed by atoms with van der Waals surface area (Å²) in [4.78, 5) is 30.3.